The maximum absolute atomic E-state index is 13.6. The molecule has 0 radical (unpaired) electrons. The number of rotatable bonds is 3. The Labute approximate surface area is 165 Å². The first-order chi connectivity index (χ1) is 12.5. The van der Waals surface area contributed by atoms with Crippen LogP contribution < -0.4 is 10.2 Å². The predicted molar refractivity (Wildman–Crippen MR) is 103 cm³/mol. The molecule has 0 aromatic heterocycles. The quantitative estimate of drug-likeness (QED) is 0.629. The van der Waals surface area contributed by atoms with Crippen molar-refractivity contribution in [3.05, 3.63) is 23.8 Å². The molecule has 0 heterocycles. The van der Waals surface area contributed by atoms with E-state index in [1.807, 2.05) is 0 Å². The molecule has 0 unspecified atom stereocenters. The van der Waals surface area contributed by atoms with Gasteiger partial charge in [-0.1, -0.05) is 15.9 Å². The van der Waals surface area contributed by atoms with Gasteiger partial charge in [-0.25, -0.2) is 0 Å². The van der Waals surface area contributed by atoms with Gasteiger partial charge in [0.1, 0.15) is 0 Å². The van der Waals surface area contributed by atoms with Crippen molar-refractivity contribution in [2.24, 2.45) is 17.3 Å². The molecule has 1 N–H and O–H groups in total. The van der Waals surface area contributed by atoms with Gasteiger partial charge in [0.05, 0.1) is 16.7 Å². The average molecular weight is 445 g/mol. The summed E-state index contributed by atoms with van der Waals surface area (Å²) in [4.78, 5) is 14.8. The van der Waals surface area contributed by atoms with E-state index < -0.39 is 17.2 Å². The zero-order valence-corrected chi connectivity index (χ0v) is 17.1. The van der Waals surface area contributed by atoms with E-state index in [0.717, 1.165) is 44.6 Å². The fourth-order valence-electron chi connectivity index (χ4n) is 5.83. The monoisotopic (exact) mass is 444 g/mol. The van der Waals surface area contributed by atoms with E-state index in [9.17, 15) is 18.0 Å². The summed E-state index contributed by atoms with van der Waals surface area (Å²) in [6.07, 6.45) is 1.07. The zero-order chi connectivity index (χ0) is 19.6. The third-order valence-electron chi connectivity index (χ3n) is 6.54. The molecular weight excluding hydrogens is 421 g/mol. The van der Waals surface area contributed by atoms with Gasteiger partial charge < -0.3 is 10.2 Å². The molecule has 4 saturated carbocycles. The van der Waals surface area contributed by atoms with Crippen LogP contribution in [0.1, 0.15) is 44.1 Å². The SMILES string of the molecule is CN(C)c1ccc(NC(=O)C23C[C@H]4C[C@@H](CC(Br)(C4)C2)C3)c(C(F)(F)F)c1. The van der Waals surface area contributed by atoms with E-state index in [0.29, 0.717) is 17.5 Å². The normalized spacial score (nSPS) is 34.6. The zero-order valence-electron chi connectivity index (χ0n) is 15.5. The van der Waals surface area contributed by atoms with Gasteiger partial charge in [0.15, 0.2) is 0 Å². The van der Waals surface area contributed by atoms with Crippen molar-refractivity contribution in [1.82, 2.24) is 0 Å². The third-order valence-corrected chi connectivity index (χ3v) is 7.47. The number of nitrogens with one attached hydrogen (secondary N) is 1. The summed E-state index contributed by atoms with van der Waals surface area (Å²) in [5.41, 5.74) is -1.02. The minimum Gasteiger partial charge on any atom is -0.378 e. The van der Waals surface area contributed by atoms with Crippen LogP contribution in [0.4, 0.5) is 24.5 Å². The highest BCUT2D eigenvalue weighted by Gasteiger charge is 2.59. The Morgan fingerprint density at radius 1 is 1.19 bits per heavy atom. The van der Waals surface area contributed by atoms with Crippen molar-refractivity contribution in [2.45, 2.75) is 49.0 Å². The van der Waals surface area contributed by atoms with Crippen LogP contribution in [-0.4, -0.2) is 24.3 Å². The Morgan fingerprint density at radius 2 is 1.81 bits per heavy atom. The minimum absolute atomic E-state index is 0.0178. The number of amides is 1. The smallest absolute Gasteiger partial charge is 0.378 e. The van der Waals surface area contributed by atoms with Gasteiger partial charge in [-0.3, -0.25) is 4.79 Å². The summed E-state index contributed by atoms with van der Waals surface area (Å²) in [7, 11) is 3.39. The second kappa shape index (κ2) is 6.13. The Balaban J connectivity index is 1.64. The lowest BCUT2D eigenvalue weighted by atomic mass is 9.49. The summed E-state index contributed by atoms with van der Waals surface area (Å²) in [5.74, 6) is 0.743. The second-order valence-corrected chi connectivity index (χ2v) is 10.7. The molecule has 1 aromatic rings. The van der Waals surface area contributed by atoms with Crippen molar-refractivity contribution in [3.8, 4) is 0 Å². The summed E-state index contributed by atoms with van der Waals surface area (Å²) in [5, 5.41) is 2.66. The van der Waals surface area contributed by atoms with Gasteiger partial charge in [-0.2, -0.15) is 13.2 Å². The number of hydrogen-bond donors (Lipinski definition) is 1. The number of alkyl halides is 4. The van der Waals surface area contributed by atoms with Crippen LogP contribution in [0, 0.1) is 17.3 Å². The van der Waals surface area contributed by atoms with E-state index in [1.165, 1.54) is 6.07 Å². The summed E-state index contributed by atoms with van der Waals surface area (Å²) in [6.45, 7) is 0. The molecule has 0 aliphatic heterocycles. The molecular formula is C20H24BrF3N2O. The van der Waals surface area contributed by atoms with Crippen molar-refractivity contribution in [1.29, 1.82) is 0 Å². The average Bonchev–Trinajstić information content (AvgIpc) is 2.51. The summed E-state index contributed by atoms with van der Waals surface area (Å²) < 4.78 is 40.7. The van der Waals surface area contributed by atoms with Crippen LogP contribution in [0.3, 0.4) is 0 Å². The maximum Gasteiger partial charge on any atom is 0.418 e. The van der Waals surface area contributed by atoms with Gasteiger partial charge in [0.25, 0.3) is 0 Å². The van der Waals surface area contributed by atoms with Crippen molar-refractivity contribution >= 4 is 33.2 Å². The number of nitrogens with zero attached hydrogens (tertiary/aromatic N) is 1. The number of halogens is 4. The molecule has 1 aromatic carbocycles. The van der Waals surface area contributed by atoms with E-state index in [2.05, 4.69) is 21.2 Å². The van der Waals surface area contributed by atoms with E-state index in [1.54, 1.807) is 25.1 Å². The fraction of sp³-hybridized carbons (Fsp3) is 0.650. The lowest BCUT2D eigenvalue weighted by Gasteiger charge is -2.59. The molecule has 4 aliphatic rings. The van der Waals surface area contributed by atoms with Crippen LogP contribution in [-0.2, 0) is 11.0 Å². The molecule has 0 saturated heterocycles. The predicted octanol–water partition coefficient (Wildman–Crippen LogP) is 5.44. The van der Waals surface area contributed by atoms with E-state index in [-0.39, 0.29) is 15.9 Å². The molecule has 7 heteroatoms. The van der Waals surface area contributed by atoms with Gasteiger partial charge >= 0.3 is 6.18 Å². The first-order valence-electron chi connectivity index (χ1n) is 9.39. The molecule has 4 fully saturated rings. The number of anilines is 2. The molecule has 4 bridgehead atoms. The first-order valence-corrected chi connectivity index (χ1v) is 10.2. The molecule has 5 rings (SSSR count). The van der Waals surface area contributed by atoms with Crippen LogP contribution in [0.5, 0.6) is 0 Å². The number of carbonyl (C=O) groups is 1. The number of carbonyl (C=O) groups excluding carboxylic acids is 1. The lowest BCUT2D eigenvalue weighted by Crippen LogP contribution is -2.57. The van der Waals surface area contributed by atoms with Gasteiger partial charge in [-0.05, 0) is 68.6 Å². The molecule has 2 atom stereocenters. The first kappa shape index (κ1) is 19.1. The highest BCUT2D eigenvalue weighted by Crippen LogP contribution is 2.64. The molecule has 4 aliphatic carbocycles. The highest BCUT2D eigenvalue weighted by atomic mass is 79.9. The second-order valence-electron chi connectivity index (χ2n) is 8.97. The Morgan fingerprint density at radius 3 is 2.33 bits per heavy atom. The van der Waals surface area contributed by atoms with Gasteiger partial charge in [-0.15, -0.1) is 0 Å². The fourth-order valence-corrected chi connectivity index (χ4v) is 7.28. The van der Waals surface area contributed by atoms with Crippen molar-refractivity contribution < 1.29 is 18.0 Å². The standard InChI is InChI=1S/C20H24BrF3N2O/c1-26(2)14-3-4-16(15(6-14)20(22,23)24)25-17(27)18-7-12-5-13(8-18)10-19(21,9-12)11-18/h3-4,6,12-13H,5,7-11H2,1-2H3,(H,25,27)/t12-,13-,18?,19?/m1/s1. The molecule has 0 spiro atoms. The molecule has 27 heavy (non-hydrogen) atoms. The van der Waals surface area contributed by atoms with Crippen LogP contribution in [0.25, 0.3) is 0 Å². The summed E-state index contributed by atoms with van der Waals surface area (Å²) in [6, 6.07) is 4.08. The van der Waals surface area contributed by atoms with Crippen LogP contribution in [0.15, 0.2) is 18.2 Å². The number of benzene rings is 1. The van der Waals surface area contributed by atoms with Gasteiger partial charge in [0, 0.05) is 24.1 Å². The number of hydrogen-bond acceptors (Lipinski definition) is 2. The van der Waals surface area contributed by atoms with Crippen LogP contribution in [0.2, 0.25) is 0 Å². The highest BCUT2D eigenvalue weighted by molar-refractivity contribution is 9.10. The Hall–Kier alpha value is -1.24. The maximum atomic E-state index is 13.6. The summed E-state index contributed by atoms with van der Waals surface area (Å²) >= 11 is 3.85. The van der Waals surface area contributed by atoms with Gasteiger partial charge in [0.2, 0.25) is 5.91 Å². The minimum atomic E-state index is -4.52. The molecule has 148 valence electrons. The lowest BCUT2D eigenvalue weighted by molar-refractivity contribution is -0.139. The Bertz CT molecular complexity index is 763. The topological polar surface area (TPSA) is 32.3 Å². The van der Waals surface area contributed by atoms with Crippen molar-refractivity contribution in [2.75, 3.05) is 24.3 Å². The van der Waals surface area contributed by atoms with Crippen molar-refractivity contribution in [3.63, 3.8) is 0 Å². The molecule has 1 amide bonds. The largest absolute Gasteiger partial charge is 0.418 e. The van der Waals surface area contributed by atoms with E-state index in [4.69, 9.17) is 0 Å². The Kier molecular flexibility index (Phi) is 4.33. The van der Waals surface area contributed by atoms with E-state index >= 15 is 0 Å². The van der Waals surface area contributed by atoms with Crippen LogP contribution >= 0.6 is 15.9 Å². The third kappa shape index (κ3) is 3.36. The molecule has 3 nitrogen and oxygen atoms in total.